The van der Waals surface area contributed by atoms with Crippen molar-refractivity contribution < 1.29 is 9.53 Å². The number of piperidine rings is 1. The van der Waals surface area contributed by atoms with Gasteiger partial charge in [0.05, 0.1) is 0 Å². The number of amides is 1. The summed E-state index contributed by atoms with van der Waals surface area (Å²) in [5.74, 6) is 0. The van der Waals surface area contributed by atoms with Gasteiger partial charge in [-0.25, -0.2) is 4.79 Å². The minimum Gasteiger partial charge on any atom is -0.445 e. The van der Waals surface area contributed by atoms with E-state index in [0.29, 0.717) is 12.0 Å². The second-order valence-electron chi connectivity index (χ2n) is 6.65. The highest BCUT2D eigenvalue weighted by Gasteiger charge is 2.42. The van der Waals surface area contributed by atoms with Gasteiger partial charge in [0.1, 0.15) is 6.61 Å². The number of carbonyl (C=O) groups is 1. The molecule has 0 aliphatic carbocycles. The highest BCUT2D eigenvalue weighted by Crippen LogP contribution is 2.40. The number of likely N-dealkylation sites (tertiary alicyclic amines) is 2. The molecule has 4 heteroatoms. The first kappa shape index (κ1) is 15.3. The molecule has 2 saturated heterocycles. The van der Waals surface area contributed by atoms with Crippen molar-refractivity contribution >= 4 is 6.09 Å². The molecule has 22 heavy (non-hydrogen) atoms. The number of nitrogens with zero attached hydrogens (tertiary/aromatic N) is 2. The zero-order chi connectivity index (χ0) is 15.4. The van der Waals surface area contributed by atoms with E-state index in [1.807, 2.05) is 35.2 Å². The standard InChI is InChI=1S/C18H26N2O2/c1-2-19-11-8-18(9-12-19)10-13-20(15-18)17(21)22-14-16-6-4-3-5-7-16/h3-7H,2,8-15H2,1H3. The van der Waals surface area contributed by atoms with Crippen molar-refractivity contribution in [3.8, 4) is 0 Å². The van der Waals surface area contributed by atoms with Crippen LogP contribution >= 0.6 is 0 Å². The van der Waals surface area contributed by atoms with Crippen LogP contribution in [0.2, 0.25) is 0 Å². The van der Waals surface area contributed by atoms with Crippen molar-refractivity contribution in [1.82, 2.24) is 9.80 Å². The molecule has 120 valence electrons. The van der Waals surface area contributed by atoms with Crippen LogP contribution in [0.3, 0.4) is 0 Å². The van der Waals surface area contributed by atoms with Gasteiger partial charge in [0.25, 0.3) is 0 Å². The summed E-state index contributed by atoms with van der Waals surface area (Å²) in [7, 11) is 0. The first-order chi connectivity index (χ1) is 10.7. The number of ether oxygens (including phenoxy) is 1. The van der Waals surface area contributed by atoms with Gasteiger partial charge < -0.3 is 14.5 Å². The van der Waals surface area contributed by atoms with Crippen molar-refractivity contribution in [3.05, 3.63) is 35.9 Å². The van der Waals surface area contributed by atoms with Crippen LogP contribution in [-0.4, -0.2) is 48.6 Å². The normalized spacial score (nSPS) is 21.2. The second kappa shape index (κ2) is 6.69. The fourth-order valence-electron chi connectivity index (χ4n) is 3.65. The van der Waals surface area contributed by atoms with E-state index in [1.54, 1.807) is 0 Å². The van der Waals surface area contributed by atoms with Crippen molar-refractivity contribution in [2.75, 3.05) is 32.7 Å². The van der Waals surface area contributed by atoms with E-state index in [-0.39, 0.29) is 6.09 Å². The Balaban J connectivity index is 1.49. The molecule has 0 N–H and O–H groups in total. The molecule has 0 saturated carbocycles. The van der Waals surface area contributed by atoms with E-state index in [4.69, 9.17) is 4.74 Å². The van der Waals surface area contributed by atoms with Gasteiger partial charge in [-0.2, -0.15) is 0 Å². The van der Waals surface area contributed by atoms with Crippen LogP contribution in [0, 0.1) is 5.41 Å². The van der Waals surface area contributed by atoms with Crippen molar-refractivity contribution in [2.45, 2.75) is 32.8 Å². The Morgan fingerprint density at radius 3 is 2.50 bits per heavy atom. The molecule has 0 bridgehead atoms. The molecule has 1 spiro atoms. The van der Waals surface area contributed by atoms with E-state index < -0.39 is 0 Å². The van der Waals surface area contributed by atoms with E-state index in [0.717, 1.165) is 31.6 Å². The van der Waals surface area contributed by atoms with Gasteiger partial charge in [0, 0.05) is 13.1 Å². The Morgan fingerprint density at radius 1 is 1.14 bits per heavy atom. The monoisotopic (exact) mass is 302 g/mol. The van der Waals surface area contributed by atoms with E-state index in [9.17, 15) is 4.79 Å². The molecule has 0 atom stereocenters. The molecule has 2 aliphatic heterocycles. The Bertz CT molecular complexity index is 495. The maximum Gasteiger partial charge on any atom is 0.410 e. The number of hydrogen-bond donors (Lipinski definition) is 0. The fraction of sp³-hybridized carbons (Fsp3) is 0.611. The zero-order valence-electron chi connectivity index (χ0n) is 13.5. The van der Waals surface area contributed by atoms with E-state index in [2.05, 4.69) is 11.8 Å². The highest BCUT2D eigenvalue weighted by atomic mass is 16.6. The predicted octanol–water partition coefficient (Wildman–Crippen LogP) is 3.13. The average Bonchev–Trinajstić information content (AvgIpc) is 2.98. The minimum absolute atomic E-state index is 0.154. The number of hydrogen-bond acceptors (Lipinski definition) is 3. The first-order valence-corrected chi connectivity index (χ1v) is 8.39. The number of rotatable bonds is 3. The smallest absolute Gasteiger partial charge is 0.410 e. The molecular formula is C18H26N2O2. The molecule has 3 rings (SSSR count). The molecule has 0 radical (unpaired) electrons. The Hall–Kier alpha value is -1.55. The molecule has 1 aromatic carbocycles. The molecular weight excluding hydrogens is 276 g/mol. The van der Waals surface area contributed by atoms with Gasteiger partial charge in [-0.1, -0.05) is 37.3 Å². The van der Waals surface area contributed by atoms with E-state index in [1.165, 1.54) is 25.9 Å². The zero-order valence-corrected chi connectivity index (χ0v) is 13.5. The molecule has 2 fully saturated rings. The Kier molecular flexibility index (Phi) is 4.67. The van der Waals surface area contributed by atoms with Crippen LogP contribution in [0.1, 0.15) is 31.7 Å². The number of carbonyl (C=O) groups excluding carboxylic acids is 1. The van der Waals surface area contributed by atoms with Crippen molar-refractivity contribution in [2.24, 2.45) is 5.41 Å². The maximum atomic E-state index is 12.3. The molecule has 1 amide bonds. The topological polar surface area (TPSA) is 32.8 Å². The van der Waals surface area contributed by atoms with Crippen LogP contribution in [0.5, 0.6) is 0 Å². The van der Waals surface area contributed by atoms with Crippen LogP contribution in [0.25, 0.3) is 0 Å². The average molecular weight is 302 g/mol. The maximum absolute atomic E-state index is 12.3. The van der Waals surface area contributed by atoms with Gasteiger partial charge in [0.2, 0.25) is 0 Å². The van der Waals surface area contributed by atoms with Crippen LogP contribution < -0.4 is 0 Å². The molecule has 4 nitrogen and oxygen atoms in total. The van der Waals surface area contributed by atoms with Crippen LogP contribution in [0.4, 0.5) is 4.79 Å². The van der Waals surface area contributed by atoms with Crippen molar-refractivity contribution in [1.29, 1.82) is 0 Å². The van der Waals surface area contributed by atoms with Crippen molar-refractivity contribution in [3.63, 3.8) is 0 Å². The van der Waals surface area contributed by atoms with Gasteiger partial charge in [0.15, 0.2) is 0 Å². The van der Waals surface area contributed by atoms with Gasteiger partial charge in [-0.05, 0) is 49.9 Å². The summed E-state index contributed by atoms with van der Waals surface area (Å²) in [5, 5.41) is 0. The molecule has 2 heterocycles. The number of benzene rings is 1. The van der Waals surface area contributed by atoms with Crippen LogP contribution in [0.15, 0.2) is 30.3 Å². The molecule has 2 aliphatic rings. The summed E-state index contributed by atoms with van der Waals surface area (Å²) in [4.78, 5) is 16.7. The first-order valence-electron chi connectivity index (χ1n) is 8.39. The van der Waals surface area contributed by atoms with Gasteiger partial charge in [-0.3, -0.25) is 0 Å². The Morgan fingerprint density at radius 2 is 1.82 bits per heavy atom. The Labute approximate surface area is 133 Å². The summed E-state index contributed by atoms with van der Waals surface area (Å²) >= 11 is 0. The summed E-state index contributed by atoms with van der Waals surface area (Å²) in [6, 6.07) is 9.88. The summed E-state index contributed by atoms with van der Waals surface area (Å²) in [6.07, 6.45) is 3.40. The molecule has 0 aromatic heterocycles. The summed E-state index contributed by atoms with van der Waals surface area (Å²) in [6.45, 7) is 7.79. The summed E-state index contributed by atoms with van der Waals surface area (Å²) in [5.41, 5.74) is 1.39. The second-order valence-corrected chi connectivity index (χ2v) is 6.65. The minimum atomic E-state index is -0.154. The highest BCUT2D eigenvalue weighted by molar-refractivity contribution is 5.68. The quantitative estimate of drug-likeness (QED) is 0.860. The lowest BCUT2D eigenvalue weighted by Gasteiger charge is -2.38. The van der Waals surface area contributed by atoms with Gasteiger partial charge >= 0.3 is 6.09 Å². The van der Waals surface area contributed by atoms with Crippen LogP contribution in [-0.2, 0) is 11.3 Å². The third-order valence-electron chi connectivity index (χ3n) is 5.27. The lowest BCUT2D eigenvalue weighted by molar-refractivity contribution is 0.0854. The predicted molar refractivity (Wildman–Crippen MR) is 86.6 cm³/mol. The molecule has 0 unspecified atom stereocenters. The largest absolute Gasteiger partial charge is 0.445 e. The lowest BCUT2D eigenvalue weighted by atomic mass is 9.78. The van der Waals surface area contributed by atoms with E-state index >= 15 is 0 Å². The SMILES string of the molecule is CCN1CCC2(CC1)CCN(C(=O)OCc1ccccc1)C2. The third-order valence-corrected chi connectivity index (χ3v) is 5.27. The third kappa shape index (κ3) is 3.43. The molecule has 1 aromatic rings. The van der Waals surface area contributed by atoms with Gasteiger partial charge in [-0.15, -0.1) is 0 Å². The fourth-order valence-corrected chi connectivity index (χ4v) is 3.65. The lowest BCUT2D eigenvalue weighted by Crippen LogP contribution is -2.42. The summed E-state index contributed by atoms with van der Waals surface area (Å²) < 4.78 is 5.46.